The third-order valence-electron chi connectivity index (χ3n) is 11.5. The monoisotopic (exact) mass is 1000 g/mol. The normalized spacial score (nSPS) is 13.3. The van der Waals surface area contributed by atoms with Gasteiger partial charge in [-0.15, -0.1) is 0 Å². The third kappa shape index (κ3) is 57.8. The second kappa shape index (κ2) is 59.6. The van der Waals surface area contributed by atoms with E-state index in [4.69, 9.17) is 14.2 Å². The average molecular weight is 1010 g/mol. The molecule has 0 heterocycles. The van der Waals surface area contributed by atoms with Gasteiger partial charge in [0.25, 0.3) is 0 Å². The van der Waals surface area contributed by atoms with Gasteiger partial charge in [0.15, 0.2) is 6.10 Å². The second-order valence-corrected chi connectivity index (χ2v) is 18.5. The Labute approximate surface area is 448 Å². The Hall–Kier alpha value is -4.97. The number of rotatable bonds is 50. The lowest BCUT2D eigenvalue weighted by atomic mass is 10.1. The molecular weight excluding hydrogens is 901 g/mol. The summed E-state index contributed by atoms with van der Waals surface area (Å²) < 4.78 is 16.7. The zero-order valence-corrected chi connectivity index (χ0v) is 46.6. The van der Waals surface area contributed by atoms with Crippen LogP contribution in [0.1, 0.15) is 226 Å². The predicted octanol–water partition coefficient (Wildman–Crippen LogP) is 19.8. The van der Waals surface area contributed by atoms with Gasteiger partial charge in [0.1, 0.15) is 13.2 Å². The smallest absolute Gasteiger partial charge is 0.306 e. The Balaban J connectivity index is 4.67. The molecule has 0 aliphatic carbocycles. The van der Waals surface area contributed by atoms with Crippen LogP contribution in [0.3, 0.4) is 0 Å². The molecule has 0 fully saturated rings. The highest BCUT2D eigenvalue weighted by atomic mass is 16.6. The van der Waals surface area contributed by atoms with Crippen molar-refractivity contribution in [2.45, 2.75) is 232 Å². The van der Waals surface area contributed by atoms with E-state index in [2.05, 4.69) is 167 Å². The number of carbonyl (C=O) groups is 3. The molecule has 0 saturated carbocycles. The number of ether oxygens (including phenoxy) is 3. The Morgan fingerprint density at radius 2 is 0.575 bits per heavy atom. The fourth-order valence-corrected chi connectivity index (χ4v) is 7.17. The lowest BCUT2D eigenvalue weighted by Crippen LogP contribution is -2.30. The molecule has 6 nitrogen and oxygen atoms in total. The van der Waals surface area contributed by atoms with Crippen LogP contribution in [0.25, 0.3) is 0 Å². The minimum Gasteiger partial charge on any atom is -0.462 e. The van der Waals surface area contributed by atoms with Crippen molar-refractivity contribution in [2.24, 2.45) is 0 Å². The number of hydrogen-bond donors (Lipinski definition) is 0. The van der Waals surface area contributed by atoms with Crippen molar-refractivity contribution in [3.8, 4) is 0 Å². The van der Waals surface area contributed by atoms with E-state index in [1.807, 2.05) is 12.2 Å². The van der Waals surface area contributed by atoms with Crippen molar-refractivity contribution in [1.82, 2.24) is 0 Å². The van der Waals surface area contributed by atoms with Crippen molar-refractivity contribution in [3.63, 3.8) is 0 Å². The molecule has 73 heavy (non-hydrogen) atoms. The van der Waals surface area contributed by atoms with Gasteiger partial charge in [0.2, 0.25) is 0 Å². The number of esters is 3. The van der Waals surface area contributed by atoms with Crippen LogP contribution in [0.2, 0.25) is 0 Å². The summed E-state index contributed by atoms with van der Waals surface area (Å²) in [7, 11) is 0. The first-order valence-electron chi connectivity index (χ1n) is 29.0. The van der Waals surface area contributed by atoms with Gasteiger partial charge in [-0.1, -0.05) is 230 Å². The van der Waals surface area contributed by atoms with Gasteiger partial charge in [0.05, 0.1) is 0 Å². The molecule has 0 bridgehead atoms. The second-order valence-electron chi connectivity index (χ2n) is 18.5. The van der Waals surface area contributed by atoms with Gasteiger partial charge in [0, 0.05) is 19.3 Å². The van der Waals surface area contributed by atoms with Gasteiger partial charge in [-0.25, -0.2) is 0 Å². The lowest BCUT2D eigenvalue weighted by molar-refractivity contribution is -0.166. The Bertz CT molecular complexity index is 1670. The fourth-order valence-electron chi connectivity index (χ4n) is 7.17. The van der Waals surface area contributed by atoms with Crippen molar-refractivity contribution < 1.29 is 28.6 Å². The highest BCUT2D eigenvalue weighted by Gasteiger charge is 2.19. The molecule has 0 radical (unpaired) electrons. The molecule has 0 aromatic heterocycles. The molecule has 0 unspecified atom stereocenters. The molecule has 6 heteroatoms. The Kier molecular flexibility index (Phi) is 55.5. The first-order valence-corrected chi connectivity index (χ1v) is 29.0. The van der Waals surface area contributed by atoms with E-state index in [0.717, 1.165) is 103 Å². The largest absolute Gasteiger partial charge is 0.462 e. The van der Waals surface area contributed by atoms with Crippen molar-refractivity contribution >= 4 is 17.9 Å². The first kappa shape index (κ1) is 68.0. The van der Waals surface area contributed by atoms with Crippen LogP contribution in [0, 0.1) is 0 Å². The van der Waals surface area contributed by atoms with Gasteiger partial charge in [-0.05, 0) is 135 Å². The van der Waals surface area contributed by atoms with E-state index in [1.54, 1.807) is 0 Å². The molecule has 0 spiro atoms. The molecule has 408 valence electrons. The highest BCUT2D eigenvalue weighted by Crippen LogP contribution is 2.11. The zero-order chi connectivity index (χ0) is 52.9. The van der Waals surface area contributed by atoms with Crippen LogP contribution in [-0.2, 0) is 28.6 Å². The van der Waals surface area contributed by atoms with E-state index in [9.17, 15) is 14.4 Å². The van der Waals surface area contributed by atoms with Crippen LogP contribution in [-0.4, -0.2) is 37.2 Å². The van der Waals surface area contributed by atoms with Crippen LogP contribution in [0.5, 0.6) is 0 Å². The van der Waals surface area contributed by atoms with Crippen LogP contribution >= 0.6 is 0 Å². The zero-order valence-electron chi connectivity index (χ0n) is 46.6. The van der Waals surface area contributed by atoms with Gasteiger partial charge >= 0.3 is 17.9 Å². The van der Waals surface area contributed by atoms with E-state index >= 15 is 0 Å². The summed E-state index contributed by atoms with van der Waals surface area (Å²) in [5, 5.41) is 0. The first-order chi connectivity index (χ1) is 36.0. The van der Waals surface area contributed by atoms with Crippen LogP contribution in [0.4, 0.5) is 0 Å². The van der Waals surface area contributed by atoms with Gasteiger partial charge in [-0.2, -0.15) is 0 Å². The third-order valence-corrected chi connectivity index (χ3v) is 11.5. The number of hydrogen-bond acceptors (Lipinski definition) is 6. The topological polar surface area (TPSA) is 78.9 Å². The molecule has 0 rings (SSSR count). The Morgan fingerprint density at radius 3 is 0.973 bits per heavy atom. The molecular formula is C67H104O6. The van der Waals surface area contributed by atoms with Crippen LogP contribution in [0.15, 0.2) is 158 Å². The minimum absolute atomic E-state index is 0.148. The van der Waals surface area contributed by atoms with E-state index in [0.29, 0.717) is 12.8 Å². The van der Waals surface area contributed by atoms with Crippen molar-refractivity contribution in [2.75, 3.05) is 13.2 Å². The number of unbranched alkanes of at least 4 members (excludes halogenated alkanes) is 13. The molecule has 1 atom stereocenters. The van der Waals surface area contributed by atoms with E-state index in [1.165, 1.54) is 70.6 Å². The summed E-state index contributed by atoms with van der Waals surface area (Å²) in [6.07, 6.45) is 86.8. The number of carbonyl (C=O) groups excluding carboxylic acids is 3. The molecule has 0 aliphatic heterocycles. The molecule has 0 aliphatic rings. The van der Waals surface area contributed by atoms with Crippen molar-refractivity contribution in [1.29, 1.82) is 0 Å². The lowest BCUT2D eigenvalue weighted by Gasteiger charge is -2.18. The summed E-state index contributed by atoms with van der Waals surface area (Å²) in [6, 6.07) is 0. The average Bonchev–Trinajstić information content (AvgIpc) is 3.39. The fraction of sp³-hybridized carbons (Fsp3) is 0.567. The maximum atomic E-state index is 12.8. The summed E-state index contributed by atoms with van der Waals surface area (Å²) in [5.41, 5.74) is 0. The molecule has 0 aromatic rings. The SMILES string of the molecule is CC/C=C\C/C=C\C/C=C\C/C=C\C/C=C\C/C=C\CCC(=O)O[C@@H](COC(=O)CCC/C=C\C/C=C\C/C=C\CCCCCCCC)COC(=O)CCCCC/C=C\C/C=C\C/C=C\C/C=C\CCCCC. The maximum Gasteiger partial charge on any atom is 0.306 e. The summed E-state index contributed by atoms with van der Waals surface area (Å²) in [5.74, 6) is -1.12. The minimum atomic E-state index is -0.861. The van der Waals surface area contributed by atoms with E-state index in [-0.39, 0.29) is 44.4 Å². The van der Waals surface area contributed by atoms with Crippen LogP contribution < -0.4 is 0 Å². The molecule has 0 N–H and O–H groups in total. The molecule has 0 saturated heterocycles. The standard InChI is InChI=1S/C67H104O6/c1-4-7-10-13-16-19-22-25-28-31-33-36-39-42-45-48-51-54-57-60-66(69)72-63-64(62-71-65(68)59-56-53-50-47-44-41-38-35-30-27-24-21-18-15-12-9-6-3)73-67(70)61-58-55-52-49-46-43-40-37-34-32-29-26-23-20-17-14-11-8-5-2/h8,11,16-17,19-20,25-30,33-34,36-38,41-43,45-47,50,52,55,64H,4-7,9-10,12-15,18,21-24,31-32,35,39-40,44,48-49,51,53-54,56-63H2,1-3H3/b11-8-,19-16-,20-17-,28-25-,29-26-,30-27-,36-33-,37-34-,41-38-,45-42-,46-43-,50-47-,55-52-/t64-/m0/s1. The molecule has 0 aromatic carbocycles. The Morgan fingerprint density at radius 1 is 0.288 bits per heavy atom. The van der Waals surface area contributed by atoms with E-state index < -0.39 is 12.1 Å². The van der Waals surface area contributed by atoms with Gasteiger partial charge in [-0.3, -0.25) is 14.4 Å². The summed E-state index contributed by atoms with van der Waals surface area (Å²) in [6.45, 7) is 6.34. The highest BCUT2D eigenvalue weighted by molar-refractivity contribution is 5.71. The van der Waals surface area contributed by atoms with Crippen molar-refractivity contribution in [3.05, 3.63) is 158 Å². The van der Waals surface area contributed by atoms with Gasteiger partial charge < -0.3 is 14.2 Å². The predicted molar refractivity (Wildman–Crippen MR) is 315 cm³/mol. The maximum absolute atomic E-state index is 12.8. The molecule has 0 amide bonds. The summed E-state index contributed by atoms with van der Waals surface area (Å²) in [4.78, 5) is 38.1. The quantitative estimate of drug-likeness (QED) is 0.0261. The summed E-state index contributed by atoms with van der Waals surface area (Å²) >= 11 is 0. The number of allylic oxidation sites excluding steroid dienone is 26.